The van der Waals surface area contributed by atoms with Gasteiger partial charge in [0.05, 0.1) is 12.3 Å². The highest BCUT2D eigenvalue weighted by molar-refractivity contribution is 6.28. The number of fused-ring (bicyclic) bond motifs is 1. The van der Waals surface area contributed by atoms with Crippen LogP contribution in [0.4, 0.5) is 10.5 Å². The van der Waals surface area contributed by atoms with Gasteiger partial charge in [-0.05, 0) is 42.0 Å². The van der Waals surface area contributed by atoms with E-state index in [4.69, 9.17) is 4.74 Å². The van der Waals surface area contributed by atoms with E-state index in [1.807, 2.05) is 49.4 Å². The Morgan fingerprint density at radius 1 is 0.963 bits per heavy atom. The molecule has 1 fully saturated rings. The van der Waals surface area contributed by atoms with Crippen LogP contribution in [0.25, 0.3) is 16.8 Å². The summed E-state index contributed by atoms with van der Waals surface area (Å²) >= 11 is 0. The van der Waals surface area contributed by atoms with Crippen LogP contribution in [0.2, 0.25) is 0 Å². The quantitative estimate of drug-likeness (QED) is 0.558. The van der Waals surface area contributed by atoms with E-state index in [9.17, 15) is 9.59 Å². The normalized spacial score (nSPS) is 15.4. The molecule has 1 heterocycles. The predicted octanol–water partition coefficient (Wildman–Crippen LogP) is 4.34. The lowest BCUT2D eigenvalue weighted by Crippen LogP contribution is -2.30. The number of rotatable bonds is 4. The number of hydrogen-bond acceptors (Lipinski definition) is 3. The van der Waals surface area contributed by atoms with E-state index < -0.39 is 6.03 Å². The first-order valence-corrected chi connectivity index (χ1v) is 8.76. The average Bonchev–Trinajstić information content (AvgIpc) is 2.97. The minimum absolute atomic E-state index is 0.223. The maximum atomic E-state index is 12.9. The van der Waals surface area contributed by atoms with E-state index in [-0.39, 0.29) is 11.6 Å². The molecule has 1 saturated heterocycles. The summed E-state index contributed by atoms with van der Waals surface area (Å²) in [4.78, 5) is 26.4. The molecule has 5 nitrogen and oxygen atoms in total. The minimum Gasteiger partial charge on any atom is -0.493 e. The van der Waals surface area contributed by atoms with Crippen molar-refractivity contribution >= 4 is 34.5 Å². The van der Waals surface area contributed by atoms with Crippen molar-refractivity contribution in [3.63, 3.8) is 0 Å². The van der Waals surface area contributed by atoms with Gasteiger partial charge in [-0.25, -0.2) is 9.69 Å². The molecule has 3 amide bonds. The van der Waals surface area contributed by atoms with Crippen LogP contribution < -0.4 is 15.0 Å². The molecule has 27 heavy (non-hydrogen) atoms. The van der Waals surface area contributed by atoms with Crippen molar-refractivity contribution in [3.05, 3.63) is 78.0 Å². The third-order valence-electron chi connectivity index (χ3n) is 4.41. The number of imide groups is 1. The highest BCUT2D eigenvalue weighted by Gasteiger charge is 2.35. The Kier molecular flexibility index (Phi) is 4.34. The molecule has 134 valence electrons. The Balaban J connectivity index is 1.81. The summed E-state index contributed by atoms with van der Waals surface area (Å²) in [5.74, 6) is 0.283. The molecular weight excluding hydrogens is 340 g/mol. The highest BCUT2D eigenvalue weighted by Crippen LogP contribution is 2.31. The lowest BCUT2D eigenvalue weighted by molar-refractivity contribution is -0.113. The Labute approximate surface area is 156 Å². The Morgan fingerprint density at radius 3 is 2.48 bits per heavy atom. The average molecular weight is 358 g/mol. The van der Waals surface area contributed by atoms with Crippen molar-refractivity contribution in [2.24, 2.45) is 0 Å². The van der Waals surface area contributed by atoms with Crippen LogP contribution in [0.1, 0.15) is 12.5 Å². The molecule has 3 aromatic carbocycles. The summed E-state index contributed by atoms with van der Waals surface area (Å²) < 4.78 is 5.75. The first kappa shape index (κ1) is 16.8. The number of carbonyl (C=O) groups excluding carboxylic acids is 2. The van der Waals surface area contributed by atoms with Crippen LogP contribution in [-0.4, -0.2) is 18.5 Å². The van der Waals surface area contributed by atoms with Crippen molar-refractivity contribution < 1.29 is 14.3 Å². The van der Waals surface area contributed by atoms with Crippen LogP contribution in [0.15, 0.2) is 72.4 Å². The van der Waals surface area contributed by atoms with Gasteiger partial charge in [0.25, 0.3) is 5.91 Å². The molecule has 0 bridgehead atoms. The molecule has 0 unspecified atom stereocenters. The van der Waals surface area contributed by atoms with Gasteiger partial charge in [0.1, 0.15) is 11.4 Å². The summed E-state index contributed by atoms with van der Waals surface area (Å²) in [5.41, 5.74) is 1.53. The largest absolute Gasteiger partial charge is 0.493 e. The zero-order valence-corrected chi connectivity index (χ0v) is 14.8. The van der Waals surface area contributed by atoms with Crippen molar-refractivity contribution in [1.29, 1.82) is 0 Å². The molecule has 0 aromatic heterocycles. The Bertz CT molecular complexity index is 1060. The second kappa shape index (κ2) is 6.96. The standard InChI is InChI=1S/C22H18N2O3/c1-2-27-20-13-12-15-8-6-7-11-17(15)18(20)14-19-21(25)24(22(26)23-19)16-9-4-3-5-10-16/h3-14H,2H2,1H3,(H,23,26)/b19-14+. The number of hydrogen-bond donors (Lipinski definition) is 1. The van der Waals surface area contributed by atoms with Gasteiger partial charge in [0.15, 0.2) is 0 Å². The fraction of sp³-hybridized carbons (Fsp3) is 0.0909. The zero-order chi connectivity index (χ0) is 18.8. The third-order valence-corrected chi connectivity index (χ3v) is 4.41. The van der Waals surface area contributed by atoms with Crippen molar-refractivity contribution in [2.45, 2.75) is 6.92 Å². The molecule has 4 rings (SSSR count). The number of nitrogens with one attached hydrogen (secondary N) is 1. The van der Waals surface area contributed by atoms with Gasteiger partial charge in [-0.1, -0.05) is 48.5 Å². The number of carbonyl (C=O) groups is 2. The number of nitrogens with zero attached hydrogens (tertiary/aromatic N) is 1. The van der Waals surface area contributed by atoms with Gasteiger partial charge in [-0.2, -0.15) is 0 Å². The van der Waals surface area contributed by atoms with Gasteiger partial charge in [0, 0.05) is 5.56 Å². The third kappa shape index (κ3) is 3.04. The predicted molar refractivity (Wildman–Crippen MR) is 106 cm³/mol. The molecule has 0 atom stereocenters. The second-order valence-electron chi connectivity index (χ2n) is 6.10. The van der Waals surface area contributed by atoms with Gasteiger partial charge in [0.2, 0.25) is 0 Å². The molecule has 1 aliphatic rings. The molecule has 0 aliphatic carbocycles. The Hall–Kier alpha value is -3.60. The number of benzene rings is 3. The van der Waals surface area contributed by atoms with E-state index in [1.165, 1.54) is 0 Å². The molecule has 0 radical (unpaired) electrons. The molecule has 1 aliphatic heterocycles. The van der Waals surface area contributed by atoms with Crippen molar-refractivity contribution in [2.75, 3.05) is 11.5 Å². The summed E-state index contributed by atoms with van der Waals surface area (Å²) in [5, 5.41) is 4.66. The SMILES string of the molecule is CCOc1ccc2ccccc2c1/C=C1/NC(=O)N(c2ccccc2)C1=O. The topological polar surface area (TPSA) is 58.6 Å². The Morgan fingerprint density at radius 2 is 1.70 bits per heavy atom. The van der Waals surface area contributed by atoms with Gasteiger partial charge in [-0.3, -0.25) is 4.79 Å². The molecule has 5 heteroatoms. The van der Waals surface area contributed by atoms with Crippen LogP contribution in [0, 0.1) is 0 Å². The van der Waals surface area contributed by atoms with Crippen LogP contribution >= 0.6 is 0 Å². The molecular formula is C22H18N2O3. The highest BCUT2D eigenvalue weighted by atomic mass is 16.5. The monoisotopic (exact) mass is 358 g/mol. The first-order chi connectivity index (χ1) is 13.2. The first-order valence-electron chi connectivity index (χ1n) is 8.76. The number of anilines is 1. The van der Waals surface area contributed by atoms with Crippen LogP contribution in [0.5, 0.6) is 5.75 Å². The lowest BCUT2D eigenvalue weighted by atomic mass is 10.0. The van der Waals surface area contributed by atoms with Crippen LogP contribution in [-0.2, 0) is 4.79 Å². The maximum absolute atomic E-state index is 12.9. The summed E-state index contributed by atoms with van der Waals surface area (Å²) in [6.45, 7) is 2.41. The summed E-state index contributed by atoms with van der Waals surface area (Å²) in [6.07, 6.45) is 1.69. The van der Waals surface area contributed by atoms with Crippen molar-refractivity contribution in [1.82, 2.24) is 5.32 Å². The number of para-hydroxylation sites is 1. The van der Waals surface area contributed by atoms with Gasteiger partial charge in [-0.15, -0.1) is 0 Å². The summed E-state index contributed by atoms with van der Waals surface area (Å²) in [7, 11) is 0. The van der Waals surface area contributed by atoms with Gasteiger partial charge < -0.3 is 10.1 Å². The zero-order valence-electron chi connectivity index (χ0n) is 14.8. The molecule has 1 N–H and O–H groups in total. The molecule has 3 aromatic rings. The summed E-state index contributed by atoms with van der Waals surface area (Å²) in [6, 6.07) is 20.1. The smallest absolute Gasteiger partial charge is 0.333 e. The van der Waals surface area contributed by atoms with E-state index >= 15 is 0 Å². The minimum atomic E-state index is -0.462. The van der Waals surface area contributed by atoms with E-state index in [1.54, 1.807) is 30.3 Å². The number of amides is 3. The molecule has 0 spiro atoms. The number of urea groups is 1. The van der Waals surface area contributed by atoms with E-state index in [0.29, 0.717) is 18.0 Å². The second-order valence-corrected chi connectivity index (χ2v) is 6.10. The fourth-order valence-corrected chi connectivity index (χ4v) is 3.20. The molecule has 0 saturated carbocycles. The van der Waals surface area contributed by atoms with Crippen molar-refractivity contribution in [3.8, 4) is 5.75 Å². The fourth-order valence-electron chi connectivity index (χ4n) is 3.20. The van der Waals surface area contributed by atoms with E-state index in [0.717, 1.165) is 21.2 Å². The lowest BCUT2D eigenvalue weighted by Gasteiger charge is -2.12. The maximum Gasteiger partial charge on any atom is 0.333 e. The van der Waals surface area contributed by atoms with Gasteiger partial charge >= 0.3 is 6.03 Å². The van der Waals surface area contributed by atoms with E-state index in [2.05, 4.69) is 5.32 Å². The van der Waals surface area contributed by atoms with Crippen LogP contribution in [0.3, 0.4) is 0 Å². The number of ether oxygens (including phenoxy) is 1.